The van der Waals surface area contributed by atoms with Gasteiger partial charge in [-0.2, -0.15) is 10.2 Å². The van der Waals surface area contributed by atoms with Crippen molar-refractivity contribution in [3.8, 4) is 0 Å². The lowest BCUT2D eigenvalue weighted by Gasteiger charge is -2.01. The summed E-state index contributed by atoms with van der Waals surface area (Å²) in [6, 6.07) is 15.6. The van der Waals surface area contributed by atoms with Crippen LogP contribution in [0.4, 0.5) is 11.4 Å². The average molecular weight is 336 g/mol. The molecule has 0 aliphatic heterocycles. The molecule has 0 radical (unpaired) electrons. The standard InChI is InChI=1S/C22H28N2O/c1-3-5-7-9-22(25)19-12-16-21(17-13-19)24-23-20-14-10-18(11-15-20)8-6-4-2/h10-17H,3-9H2,1-2H3. The molecule has 2 rings (SSSR count). The van der Waals surface area contributed by atoms with Crippen LogP contribution in [0.3, 0.4) is 0 Å². The van der Waals surface area contributed by atoms with E-state index in [1.165, 1.54) is 18.4 Å². The summed E-state index contributed by atoms with van der Waals surface area (Å²) < 4.78 is 0. The third-order valence-corrected chi connectivity index (χ3v) is 4.23. The van der Waals surface area contributed by atoms with Gasteiger partial charge in [0.15, 0.2) is 5.78 Å². The summed E-state index contributed by atoms with van der Waals surface area (Å²) in [6.07, 6.45) is 7.36. The van der Waals surface area contributed by atoms with Gasteiger partial charge in [0.1, 0.15) is 0 Å². The number of rotatable bonds is 10. The summed E-state index contributed by atoms with van der Waals surface area (Å²) in [4.78, 5) is 12.1. The number of nitrogens with zero attached hydrogens (tertiary/aromatic N) is 2. The molecule has 0 bridgehead atoms. The van der Waals surface area contributed by atoms with E-state index in [-0.39, 0.29) is 5.78 Å². The van der Waals surface area contributed by atoms with Crippen LogP contribution < -0.4 is 0 Å². The SMILES string of the molecule is CCCCCC(=O)c1ccc(N=Nc2ccc(CCCC)cc2)cc1. The number of benzene rings is 2. The van der Waals surface area contributed by atoms with Gasteiger partial charge in [0.2, 0.25) is 0 Å². The zero-order valence-corrected chi connectivity index (χ0v) is 15.4. The molecule has 0 amide bonds. The second kappa shape index (κ2) is 10.5. The maximum absolute atomic E-state index is 12.1. The molecule has 0 aliphatic rings. The summed E-state index contributed by atoms with van der Waals surface area (Å²) in [5.74, 6) is 0.208. The normalized spacial score (nSPS) is 11.1. The van der Waals surface area contributed by atoms with Gasteiger partial charge in [-0.1, -0.05) is 45.2 Å². The summed E-state index contributed by atoms with van der Waals surface area (Å²) in [7, 11) is 0. The van der Waals surface area contributed by atoms with Gasteiger partial charge in [-0.15, -0.1) is 0 Å². The number of hydrogen-bond acceptors (Lipinski definition) is 3. The van der Waals surface area contributed by atoms with Crippen LogP contribution in [0.2, 0.25) is 0 Å². The van der Waals surface area contributed by atoms with E-state index >= 15 is 0 Å². The Balaban J connectivity index is 1.91. The summed E-state index contributed by atoms with van der Waals surface area (Å²) in [6.45, 7) is 4.34. The molecular weight excluding hydrogens is 308 g/mol. The van der Waals surface area contributed by atoms with Crippen LogP contribution in [0.25, 0.3) is 0 Å². The monoisotopic (exact) mass is 336 g/mol. The van der Waals surface area contributed by atoms with E-state index in [4.69, 9.17) is 0 Å². The first kappa shape index (κ1) is 19.0. The zero-order valence-electron chi connectivity index (χ0n) is 15.4. The van der Waals surface area contributed by atoms with E-state index in [2.05, 4.69) is 36.2 Å². The third-order valence-electron chi connectivity index (χ3n) is 4.23. The van der Waals surface area contributed by atoms with Gasteiger partial charge in [0.25, 0.3) is 0 Å². The maximum Gasteiger partial charge on any atom is 0.162 e. The van der Waals surface area contributed by atoms with Crippen molar-refractivity contribution in [2.75, 3.05) is 0 Å². The Morgan fingerprint density at radius 1 is 0.760 bits per heavy atom. The molecule has 0 atom stereocenters. The van der Waals surface area contributed by atoms with Crippen LogP contribution in [0.15, 0.2) is 58.8 Å². The van der Waals surface area contributed by atoms with Gasteiger partial charge in [-0.25, -0.2) is 0 Å². The summed E-state index contributed by atoms with van der Waals surface area (Å²) in [5.41, 5.74) is 3.71. The number of ketones is 1. The minimum atomic E-state index is 0.208. The molecule has 0 aromatic heterocycles. The van der Waals surface area contributed by atoms with Crippen LogP contribution in [0, 0.1) is 0 Å². The van der Waals surface area contributed by atoms with Crippen LogP contribution in [0.1, 0.15) is 68.3 Å². The minimum Gasteiger partial charge on any atom is -0.294 e. The first-order chi connectivity index (χ1) is 12.2. The molecule has 3 heteroatoms. The van der Waals surface area contributed by atoms with Crippen molar-refractivity contribution < 1.29 is 4.79 Å². The highest BCUT2D eigenvalue weighted by atomic mass is 16.1. The molecule has 25 heavy (non-hydrogen) atoms. The van der Waals surface area contributed by atoms with Crippen LogP contribution >= 0.6 is 0 Å². The fourth-order valence-electron chi connectivity index (χ4n) is 2.62. The van der Waals surface area contributed by atoms with E-state index in [0.717, 1.165) is 42.6 Å². The molecule has 2 aromatic rings. The second-order valence-corrected chi connectivity index (χ2v) is 6.40. The van der Waals surface area contributed by atoms with Gasteiger partial charge in [0, 0.05) is 12.0 Å². The molecule has 0 N–H and O–H groups in total. The molecule has 0 saturated heterocycles. The van der Waals surface area contributed by atoms with Gasteiger partial charge in [-0.3, -0.25) is 4.79 Å². The topological polar surface area (TPSA) is 41.8 Å². The zero-order chi connectivity index (χ0) is 17.9. The number of Topliss-reactive ketones (excluding diaryl/α,β-unsaturated/α-hetero) is 1. The molecule has 0 spiro atoms. The van der Waals surface area contributed by atoms with Crippen molar-refractivity contribution in [3.05, 3.63) is 59.7 Å². The Hall–Kier alpha value is -2.29. The predicted octanol–water partition coefficient (Wildman–Crippen LogP) is 7.21. The van der Waals surface area contributed by atoms with Gasteiger partial charge >= 0.3 is 0 Å². The molecule has 0 saturated carbocycles. The summed E-state index contributed by atoms with van der Waals surface area (Å²) >= 11 is 0. The van der Waals surface area contributed by atoms with Gasteiger partial charge < -0.3 is 0 Å². The minimum absolute atomic E-state index is 0.208. The average Bonchev–Trinajstić information content (AvgIpc) is 2.66. The Morgan fingerprint density at radius 2 is 1.32 bits per heavy atom. The first-order valence-corrected chi connectivity index (χ1v) is 9.37. The van der Waals surface area contributed by atoms with Crippen molar-refractivity contribution >= 4 is 17.2 Å². The Kier molecular flexibility index (Phi) is 8.03. The number of carbonyl (C=O) groups excluding carboxylic acids is 1. The lowest BCUT2D eigenvalue weighted by Crippen LogP contribution is -1.98. The van der Waals surface area contributed by atoms with Crippen molar-refractivity contribution in [2.45, 2.75) is 58.8 Å². The van der Waals surface area contributed by atoms with Crippen LogP contribution in [-0.2, 0) is 6.42 Å². The van der Waals surface area contributed by atoms with Crippen molar-refractivity contribution in [2.24, 2.45) is 10.2 Å². The quantitative estimate of drug-likeness (QED) is 0.257. The number of carbonyl (C=O) groups is 1. The fourth-order valence-corrected chi connectivity index (χ4v) is 2.62. The predicted molar refractivity (Wildman–Crippen MR) is 104 cm³/mol. The number of azo groups is 1. The summed E-state index contributed by atoms with van der Waals surface area (Å²) in [5, 5.41) is 8.53. The van der Waals surface area contributed by atoms with Crippen molar-refractivity contribution in [1.82, 2.24) is 0 Å². The van der Waals surface area contributed by atoms with Gasteiger partial charge in [-0.05, 0) is 61.2 Å². The molecular formula is C22H28N2O. The van der Waals surface area contributed by atoms with E-state index in [1.54, 1.807) is 0 Å². The van der Waals surface area contributed by atoms with E-state index in [9.17, 15) is 4.79 Å². The lowest BCUT2D eigenvalue weighted by molar-refractivity contribution is 0.0979. The highest BCUT2D eigenvalue weighted by molar-refractivity contribution is 5.96. The molecule has 0 aliphatic carbocycles. The van der Waals surface area contributed by atoms with E-state index in [1.807, 2.05) is 36.4 Å². The Bertz CT molecular complexity index is 672. The van der Waals surface area contributed by atoms with Crippen molar-refractivity contribution in [1.29, 1.82) is 0 Å². The Labute approximate surface area is 151 Å². The maximum atomic E-state index is 12.1. The van der Waals surface area contributed by atoms with E-state index < -0.39 is 0 Å². The molecule has 3 nitrogen and oxygen atoms in total. The number of unbranched alkanes of at least 4 members (excludes halogenated alkanes) is 3. The number of hydrogen-bond donors (Lipinski definition) is 0. The van der Waals surface area contributed by atoms with Crippen molar-refractivity contribution in [3.63, 3.8) is 0 Å². The molecule has 2 aromatic carbocycles. The van der Waals surface area contributed by atoms with Crippen LogP contribution in [0.5, 0.6) is 0 Å². The molecule has 0 unspecified atom stereocenters. The molecule has 0 heterocycles. The Morgan fingerprint density at radius 3 is 1.88 bits per heavy atom. The first-order valence-electron chi connectivity index (χ1n) is 9.37. The molecule has 132 valence electrons. The fraction of sp³-hybridized carbons (Fsp3) is 0.409. The lowest BCUT2D eigenvalue weighted by atomic mass is 10.0. The largest absolute Gasteiger partial charge is 0.294 e. The second-order valence-electron chi connectivity index (χ2n) is 6.40. The highest BCUT2D eigenvalue weighted by Gasteiger charge is 2.05. The van der Waals surface area contributed by atoms with Gasteiger partial charge in [0.05, 0.1) is 11.4 Å². The van der Waals surface area contributed by atoms with Crippen LogP contribution in [-0.4, -0.2) is 5.78 Å². The highest BCUT2D eigenvalue weighted by Crippen LogP contribution is 2.20. The smallest absolute Gasteiger partial charge is 0.162 e. The van der Waals surface area contributed by atoms with E-state index in [0.29, 0.717) is 6.42 Å². The number of aryl methyl sites for hydroxylation is 1. The third kappa shape index (κ3) is 6.61. The molecule has 0 fully saturated rings.